The standard InChI is InChI=1S/C22H27N3O2/c1-17(19-8-4-3-5-9-19)25(18(2)26)16-22(27)23-20-10-12-21(13-11-20)24-14-6-7-15-24/h3-5,8-13,17H,6-7,14-16H2,1-2H3,(H,23,27). The van der Waals surface area contributed by atoms with Crippen LogP contribution < -0.4 is 10.2 Å². The van der Waals surface area contributed by atoms with E-state index in [2.05, 4.69) is 10.2 Å². The zero-order chi connectivity index (χ0) is 19.2. The number of nitrogens with one attached hydrogen (secondary N) is 1. The van der Waals surface area contributed by atoms with Crippen molar-refractivity contribution in [1.82, 2.24) is 4.90 Å². The molecule has 0 aromatic heterocycles. The van der Waals surface area contributed by atoms with E-state index in [-0.39, 0.29) is 24.4 Å². The summed E-state index contributed by atoms with van der Waals surface area (Å²) in [6, 6.07) is 17.5. The van der Waals surface area contributed by atoms with E-state index in [0.717, 1.165) is 24.3 Å². The van der Waals surface area contributed by atoms with Crippen LogP contribution in [0.15, 0.2) is 54.6 Å². The van der Waals surface area contributed by atoms with Gasteiger partial charge in [-0.05, 0) is 49.6 Å². The third-order valence-corrected chi connectivity index (χ3v) is 5.09. The topological polar surface area (TPSA) is 52.7 Å². The number of rotatable bonds is 6. The zero-order valence-corrected chi connectivity index (χ0v) is 16.0. The molecule has 0 saturated carbocycles. The summed E-state index contributed by atoms with van der Waals surface area (Å²) in [5.74, 6) is -0.312. The van der Waals surface area contributed by atoms with E-state index < -0.39 is 0 Å². The molecule has 2 aromatic rings. The summed E-state index contributed by atoms with van der Waals surface area (Å²) in [6.07, 6.45) is 2.47. The molecular formula is C22H27N3O2. The maximum absolute atomic E-state index is 12.5. The van der Waals surface area contributed by atoms with Gasteiger partial charge >= 0.3 is 0 Å². The molecule has 5 nitrogen and oxygen atoms in total. The van der Waals surface area contributed by atoms with Gasteiger partial charge < -0.3 is 15.1 Å². The fraction of sp³-hybridized carbons (Fsp3) is 0.364. The van der Waals surface area contributed by atoms with Crippen LogP contribution in [0.2, 0.25) is 0 Å². The number of nitrogens with zero attached hydrogens (tertiary/aromatic N) is 2. The number of anilines is 2. The van der Waals surface area contributed by atoms with Gasteiger partial charge in [0.05, 0.1) is 6.04 Å². The summed E-state index contributed by atoms with van der Waals surface area (Å²) in [4.78, 5) is 28.5. The Balaban J connectivity index is 1.61. The lowest BCUT2D eigenvalue weighted by Gasteiger charge is -2.28. The van der Waals surface area contributed by atoms with Crippen molar-refractivity contribution in [2.45, 2.75) is 32.7 Å². The van der Waals surface area contributed by atoms with Gasteiger partial charge in [0.15, 0.2) is 0 Å². The summed E-state index contributed by atoms with van der Waals surface area (Å²) in [6.45, 7) is 5.65. The first-order valence-electron chi connectivity index (χ1n) is 9.51. The third-order valence-electron chi connectivity index (χ3n) is 5.09. The van der Waals surface area contributed by atoms with E-state index in [4.69, 9.17) is 0 Å². The van der Waals surface area contributed by atoms with Gasteiger partial charge in [-0.2, -0.15) is 0 Å². The van der Waals surface area contributed by atoms with Gasteiger partial charge in [-0.25, -0.2) is 0 Å². The van der Waals surface area contributed by atoms with Crippen molar-refractivity contribution in [3.05, 3.63) is 60.2 Å². The molecule has 0 radical (unpaired) electrons. The van der Waals surface area contributed by atoms with E-state index in [1.165, 1.54) is 25.5 Å². The molecule has 5 heteroatoms. The average molecular weight is 365 g/mol. The molecular weight excluding hydrogens is 338 g/mol. The third kappa shape index (κ3) is 4.88. The van der Waals surface area contributed by atoms with Crippen molar-refractivity contribution < 1.29 is 9.59 Å². The maximum Gasteiger partial charge on any atom is 0.244 e. The predicted molar refractivity (Wildman–Crippen MR) is 109 cm³/mol. The molecule has 2 amide bonds. The lowest BCUT2D eigenvalue weighted by Crippen LogP contribution is -2.38. The van der Waals surface area contributed by atoms with Gasteiger partial charge in [-0.15, -0.1) is 0 Å². The molecule has 1 heterocycles. The first-order valence-corrected chi connectivity index (χ1v) is 9.51. The Labute approximate surface area is 161 Å². The first kappa shape index (κ1) is 19.0. The van der Waals surface area contributed by atoms with Crippen LogP contribution in [0.4, 0.5) is 11.4 Å². The molecule has 1 N–H and O–H groups in total. The zero-order valence-electron chi connectivity index (χ0n) is 16.0. The second kappa shape index (κ2) is 8.71. The lowest BCUT2D eigenvalue weighted by molar-refractivity contribution is -0.134. The molecule has 142 valence electrons. The van der Waals surface area contributed by atoms with Gasteiger partial charge in [0, 0.05) is 31.4 Å². The van der Waals surface area contributed by atoms with E-state index >= 15 is 0 Å². The Morgan fingerprint density at radius 1 is 1.04 bits per heavy atom. The van der Waals surface area contributed by atoms with Crippen molar-refractivity contribution in [1.29, 1.82) is 0 Å². The number of hydrogen-bond donors (Lipinski definition) is 1. The maximum atomic E-state index is 12.5. The van der Waals surface area contributed by atoms with Crippen LogP contribution in [0.5, 0.6) is 0 Å². The van der Waals surface area contributed by atoms with Gasteiger partial charge in [0.1, 0.15) is 6.54 Å². The molecule has 3 rings (SSSR count). The fourth-order valence-corrected chi connectivity index (χ4v) is 3.52. The highest BCUT2D eigenvalue weighted by Crippen LogP contribution is 2.23. The van der Waals surface area contributed by atoms with Crippen LogP contribution in [0.1, 0.15) is 38.3 Å². The van der Waals surface area contributed by atoms with Crippen molar-refractivity contribution in [2.75, 3.05) is 29.9 Å². The van der Waals surface area contributed by atoms with E-state index in [0.29, 0.717) is 0 Å². The lowest BCUT2D eigenvalue weighted by atomic mass is 10.1. The minimum Gasteiger partial charge on any atom is -0.372 e. The summed E-state index contributed by atoms with van der Waals surface area (Å²) in [5.41, 5.74) is 2.95. The molecule has 1 aliphatic heterocycles. The van der Waals surface area contributed by atoms with Gasteiger partial charge in [-0.1, -0.05) is 30.3 Å². The van der Waals surface area contributed by atoms with Crippen LogP contribution in [-0.2, 0) is 9.59 Å². The summed E-state index contributed by atoms with van der Waals surface area (Å²) >= 11 is 0. The van der Waals surface area contributed by atoms with Crippen molar-refractivity contribution >= 4 is 23.2 Å². The van der Waals surface area contributed by atoms with Crippen molar-refractivity contribution in [3.8, 4) is 0 Å². The van der Waals surface area contributed by atoms with Gasteiger partial charge in [0.25, 0.3) is 0 Å². The van der Waals surface area contributed by atoms with Crippen LogP contribution in [-0.4, -0.2) is 36.3 Å². The Hall–Kier alpha value is -2.82. The van der Waals surface area contributed by atoms with Crippen molar-refractivity contribution in [2.24, 2.45) is 0 Å². The highest BCUT2D eigenvalue weighted by molar-refractivity contribution is 5.94. The highest BCUT2D eigenvalue weighted by atomic mass is 16.2. The molecule has 1 aliphatic rings. The Morgan fingerprint density at radius 2 is 1.67 bits per heavy atom. The molecule has 1 fully saturated rings. The van der Waals surface area contributed by atoms with Crippen LogP contribution in [0.25, 0.3) is 0 Å². The Bertz CT molecular complexity index is 768. The van der Waals surface area contributed by atoms with Crippen LogP contribution in [0, 0.1) is 0 Å². The smallest absolute Gasteiger partial charge is 0.244 e. The molecule has 1 unspecified atom stereocenters. The quantitative estimate of drug-likeness (QED) is 0.846. The van der Waals surface area contributed by atoms with E-state index in [1.807, 2.05) is 61.5 Å². The second-order valence-electron chi connectivity index (χ2n) is 7.02. The van der Waals surface area contributed by atoms with E-state index in [1.54, 1.807) is 4.90 Å². The number of amides is 2. The van der Waals surface area contributed by atoms with Crippen LogP contribution >= 0.6 is 0 Å². The molecule has 0 bridgehead atoms. The molecule has 27 heavy (non-hydrogen) atoms. The summed E-state index contributed by atoms with van der Waals surface area (Å²) in [7, 11) is 0. The number of carbonyl (C=O) groups is 2. The van der Waals surface area contributed by atoms with E-state index in [9.17, 15) is 9.59 Å². The molecule has 2 aromatic carbocycles. The Kier molecular flexibility index (Phi) is 6.12. The normalized spacial score (nSPS) is 14.7. The predicted octanol–water partition coefficient (Wildman–Crippen LogP) is 3.84. The number of carbonyl (C=O) groups excluding carboxylic acids is 2. The first-order chi connectivity index (χ1) is 13.0. The average Bonchev–Trinajstić information content (AvgIpc) is 3.21. The second-order valence-corrected chi connectivity index (χ2v) is 7.02. The summed E-state index contributed by atoms with van der Waals surface area (Å²) < 4.78 is 0. The molecule has 1 saturated heterocycles. The monoisotopic (exact) mass is 365 g/mol. The minimum atomic E-state index is -0.193. The fourth-order valence-electron chi connectivity index (χ4n) is 3.52. The number of hydrogen-bond acceptors (Lipinski definition) is 3. The Morgan fingerprint density at radius 3 is 2.26 bits per heavy atom. The molecule has 1 atom stereocenters. The van der Waals surface area contributed by atoms with Gasteiger partial charge in [-0.3, -0.25) is 9.59 Å². The number of benzene rings is 2. The van der Waals surface area contributed by atoms with Crippen molar-refractivity contribution in [3.63, 3.8) is 0 Å². The molecule has 0 spiro atoms. The highest BCUT2D eigenvalue weighted by Gasteiger charge is 2.21. The largest absolute Gasteiger partial charge is 0.372 e. The minimum absolute atomic E-state index is 0.0271. The molecule has 0 aliphatic carbocycles. The van der Waals surface area contributed by atoms with Gasteiger partial charge in [0.2, 0.25) is 11.8 Å². The SMILES string of the molecule is CC(=O)N(CC(=O)Nc1ccc(N2CCCC2)cc1)C(C)c1ccccc1. The summed E-state index contributed by atoms with van der Waals surface area (Å²) in [5, 5.41) is 2.90. The van der Waals surface area contributed by atoms with Crippen LogP contribution in [0.3, 0.4) is 0 Å².